The summed E-state index contributed by atoms with van der Waals surface area (Å²) in [4.78, 5) is 27.1. The Hall–Kier alpha value is -2.47. The van der Waals surface area contributed by atoms with Gasteiger partial charge in [0.25, 0.3) is 5.91 Å². The summed E-state index contributed by atoms with van der Waals surface area (Å²) in [6.45, 7) is 4.75. The maximum absolute atomic E-state index is 12.6. The van der Waals surface area contributed by atoms with Crippen LogP contribution in [0.5, 0.6) is 5.75 Å². The number of anilines is 1. The number of nitrogens with zero attached hydrogens (tertiary/aromatic N) is 1. The van der Waals surface area contributed by atoms with Crippen LogP contribution in [0.1, 0.15) is 22.8 Å². The van der Waals surface area contributed by atoms with Crippen molar-refractivity contribution in [3.63, 3.8) is 0 Å². The molecule has 1 N–H and O–H groups in total. The fourth-order valence-corrected chi connectivity index (χ4v) is 3.61. The Kier molecular flexibility index (Phi) is 5.52. The highest BCUT2D eigenvalue weighted by Gasteiger charge is 2.24. The lowest BCUT2D eigenvalue weighted by atomic mass is 10.1. The third-order valence-electron chi connectivity index (χ3n) is 4.28. The quantitative estimate of drug-likeness (QED) is 0.874. The van der Waals surface area contributed by atoms with Crippen molar-refractivity contribution in [2.24, 2.45) is 0 Å². The number of carbonyl (C=O) groups is 2. The first kappa shape index (κ1) is 18.3. The Morgan fingerprint density at radius 2 is 2.04 bits per heavy atom. The normalized spacial score (nSPS) is 15.8. The zero-order valence-corrected chi connectivity index (χ0v) is 15.9. The summed E-state index contributed by atoms with van der Waals surface area (Å²) in [6.07, 6.45) is 0. The van der Waals surface area contributed by atoms with E-state index in [9.17, 15) is 9.59 Å². The van der Waals surface area contributed by atoms with Gasteiger partial charge < -0.3 is 15.0 Å². The molecule has 0 aliphatic carbocycles. The Balaban J connectivity index is 1.61. The van der Waals surface area contributed by atoms with Gasteiger partial charge in [-0.05, 0) is 43.7 Å². The zero-order chi connectivity index (χ0) is 18.7. The molecule has 2 aromatic rings. The molecular weight excluding hydrogens is 348 g/mol. The molecular formula is C20H22N2O3S. The summed E-state index contributed by atoms with van der Waals surface area (Å²) >= 11 is 1.50. The lowest BCUT2D eigenvalue weighted by Crippen LogP contribution is -2.31. The molecule has 3 rings (SSSR count). The molecule has 1 aliphatic heterocycles. The molecule has 26 heavy (non-hydrogen) atoms. The second-order valence-electron chi connectivity index (χ2n) is 6.30. The smallest absolute Gasteiger partial charge is 0.253 e. The Morgan fingerprint density at radius 3 is 2.81 bits per heavy atom. The molecule has 1 atom stereocenters. The number of ether oxygens (including phenoxy) is 1. The fraction of sp³-hybridized carbons (Fsp3) is 0.300. The minimum Gasteiger partial charge on any atom is -0.491 e. The van der Waals surface area contributed by atoms with Gasteiger partial charge in [0.2, 0.25) is 5.91 Å². The molecule has 0 bridgehead atoms. The number of thioether (sulfide) groups is 1. The van der Waals surface area contributed by atoms with Gasteiger partial charge in [0.15, 0.2) is 0 Å². The van der Waals surface area contributed by atoms with E-state index < -0.39 is 0 Å². The first-order valence-electron chi connectivity index (χ1n) is 8.51. The summed E-state index contributed by atoms with van der Waals surface area (Å²) in [7, 11) is 1.75. The fourth-order valence-electron chi connectivity index (χ4n) is 2.67. The molecule has 5 nitrogen and oxygen atoms in total. The molecule has 2 aromatic carbocycles. The molecule has 0 spiro atoms. The highest BCUT2D eigenvalue weighted by atomic mass is 32.2. The SMILES string of the molecule is Cc1ccccc1OCCN(C)C(=O)c1ccc2c(c1)NC(=O)C(C)S2. The zero-order valence-electron chi connectivity index (χ0n) is 15.1. The van der Waals surface area contributed by atoms with E-state index in [2.05, 4.69) is 5.32 Å². The number of hydrogen-bond donors (Lipinski definition) is 1. The number of amides is 2. The van der Waals surface area contributed by atoms with E-state index in [4.69, 9.17) is 4.74 Å². The number of likely N-dealkylation sites (N-methyl/N-ethyl adjacent to an activating group) is 1. The maximum Gasteiger partial charge on any atom is 0.253 e. The summed E-state index contributed by atoms with van der Waals surface area (Å²) in [5.74, 6) is 0.696. The van der Waals surface area contributed by atoms with Crippen molar-refractivity contribution in [3.8, 4) is 5.75 Å². The summed E-state index contributed by atoms with van der Waals surface area (Å²) in [6, 6.07) is 13.2. The molecule has 6 heteroatoms. The van der Waals surface area contributed by atoms with Crippen LogP contribution in [0.15, 0.2) is 47.4 Å². The summed E-state index contributed by atoms with van der Waals surface area (Å²) < 4.78 is 5.76. The average Bonchev–Trinajstić information content (AvgIpc) is 2.63. The van der Waals surface area contributed by atoms with Gasteiger partial charge in [-0.25, -0.2) is 0 Å². The van der Waals surface area contributed by atoms with Crippen LogP contribution in [0.2, 0.25) is 0 Å². The Labute approximate surface area is 157 Å². The van der Waals surface area contributed by atoms with Crippen molar-refractivity contribution < 1.29 is 14.3 Å². The van der Waals surface area contributed by atoms with E-state index in [0.29, 0.717) is 24.4 Å². The number of para-hydroxylation sites is 1. The lowest BCUT2D eigenvalue weighted by molar-refractivity contribution is -0.115. The van der Waals surface area contributed by atoms with E-state index >= 15 is 0 Å². The van der Waals surface area contributed by atoms with Crippen molar-refractivity contribution in [2.75, 3.05) is 25.5 Å². The maximum atomic E-state index is 12.6. The van der Waals surface area contributed by atoms with Crippen molar-refractivity contribution in [2.45, 2.75) is 24.0 Å². The summed E-state index contributed by atoms with van der Waals surface area (Å²) in [5.41, 5.74) is 2.32. The molecule has 1 aliphatic rings. The van der Waals surface area contributed by atoms with Crippen LogP contribution in [0, 0.1) is 6.92 Å². The third kappa shape index (κ3) is 4.02. The molecule has 136 valence electrons. The van der Waals surface area contributed by atoms with Crippen LogP contribution in [0.25, 0.3) is 0 Å². The van der Waals surface area contributed by atoms with E-state index in [1.54, 1.807) is 24.1 Å². The Bertz CT molecular complexity index is 838. The molecule has 2 amide bonds. The number of hydrogen-bond acceptors (Lipinski definition) is 4. The van der Waals surface area contributed by atoms with E-state index in [1.807, 2.05) is 44.2 Å². The predicted octanol–water partition coefficient (Wildman–Crippen LogP) is 3.58. The minimum absolute atomic E-state index is 0.0351. The first-order chi connectivity index (χ1) is 12.5. The highest BCUT2D eigenvalue weighted by Crippen LogP contribution is 2.36. The van der Waals surface area contributed by atoms with Crippen molar-refractivity contribution in [3.05, 3.63) is 53.6 Å². The minimum atomic E-state index is -0.120. The van der Waals surface area contributed by atoms with E-state index in [-0.39, 0.29) is 17.1 Å². The van der Waals surface area contributed by atoms with Gasteiger partial charge in [0, 0.05) is 17.5 Å². The Morgan fingerprint density at radius 1 is 1.27 bits per heavy atom. The molecule has 0 saturated carbocycles. The van der Waals surface area contributed by atoms with Crippen molar-refractivity contribution in [1.82, 2.24) is 4.90 Å². The monoisotopic (exact) mass is 370 g/mol. The van der Waals surface area contributed by atoms with Gasteiger partial charge in [0.05, 0.1) is 17.5 Å². The average molecular weight is 370 g/mol. The van der Waals surface area contributed by atoms with Crippen LogP contribution >= 0.6 is 11.8 Å². The van der Waals surface area contributed by atoms with Gasteiger partial charge in [-0.3, -0.25) is 9.59 Å². The van der Waals surface area contributed by atoms with Crippen molar-refractivity contribution in [1.29, 1.82) is 0 Å². The lowest BCUT2D eigenvalue weighted by Gasteiger charge is -2.23. The molecule has 0 saturated heterocycles. The number of benzene rings is 2. The van der Waals surface area contributed by atoms with Gasteiger partial charge >= 0.3 is 0 Å². The molecule has 0 radical (unpaired) electrons. The third-order valence-corrected chi connectivity index (χ3v) is 5.46. The van der Waals surface area contributed by atoms with Crippen LogP contribution in [-0.2, 0) is 4.79 Å². The number of rotatable bonds is 5. The van der Waals surface area contributed by atoms with Gasteiger partial charge in [-0.1, -0.05) is 18.2 Å². The molecule has 0 aromatic heterocycles. The number of aryl methyl sites for hydroxylation is 1. The topological polar surface area (TPSA) is 58.6 Å². The predicted molar refractivity (Wildman–Crippen MR) is 104 cm³/mol. The van der Waals surface area contributed by atoms with Gasteiger partial charge in [-0.2, -0.15) is 0 Å². The van der Waals surface area contributed by atoms with Crippen LogP contribution in [0.4, 0.5) is 5.69 Å². The number of fused-ring (bicyclic) bond motifs is 1. The van der Waals surface area contributed by atoms with Crippen LogP contribution in [0.3, 0.4) is 0 Å². The van der Waals surface area contributed by atoms with Gasteiger partial charge in [-0.15, -0.1) is 11.8 Å². The van der Waals surface area contributed by atoms with Gasteiger partial charge in [0.1, 0.15) is 12.4 Å². The largest absolute Gasteiger partial charge is 0.491 e. The standard InChI is InChI=1S/C20H22N2O3S/c1-13-6-4-5-7-17(13)25-11-10-22(3)20(24)15-8-9-18-16(12-15)21-19(23)14(2)26-18/h4-9,12,14H,10-11H2,1-3H3,(H,21,23). The van der Waals surface area contributed by atoms with Crippen LogP contribution in [-0.4, -0.2) is 42.2 Å². The highest BCUT2D eigenvalue weighted by molar-refractivity contribution is 8.00. The summed E-state index contributed by atoms with van der Waals surface area (Å²) in [5, 5.41) is 2.74. The first-order valence-corrected chi connectivity index (χ1v) is 9.39. The van der Waals surface area contributed by atoms with Crippen LogP contribution < -0.4 is 10.1 Å². The number of nitrogens with one attached hydrogen (secondary N) is 1. The number of carbonyl (C=O) groups excluding carboxylic acids is 2. The molecule has 0 fully saturated rings. The second kappa shape index (κ2) is 7.83. The van der Waals surface area contributed by atoms with E-state index in [1.165, 1.54) is 11.8 Å². The van der Waals surface area contributed by atoms with Crippen molar-refractivity contribution >= 4 is 29.3 Å². The molecule has 1 unspecified atom stereocenters. The molecule has 1 heterocycles. The second-order valence-corrected chi connectivity index (χ2v) is 7.68. The van der Waals surface area contributed by atoms with E-state index in [0.717, 1.165) is 16.2 Å².